The van der Waals surface area contributed by atoms with Crippen molar-refractivity contribution < 1.29 is 143 Å². The maximum absolute atomic E-state index is 11.7. The summed E-state index contributed by atoms with van der Waals surface area (Å²) in [6, 6.07) is 0. The predicted octanol–water partition coefficient (Wildman–Crippen LogP) is -9.77. The Morgan fingerprint density at radius 2 is 0.887 bits per heavy atom. The quantitative estimate of drug-likeness (QED) is 0.0534. The summed E-state index contributed by atoms with van der Waals surface area (Å²) in [6.45, 7) is 2.80. The standard InChI is InChI=1S/C41H71NO29/c1-11-16(44)20(48)26(54)38(63-11)67-30-14(9-43)65-40(28(56)24(30)52)69-32-18(46)13(3)64-41(68-31-17(45)12(2)62-37(29(31)57)60-8-6-4-5-7-42)34(32)71-39-27(55)21(49)19(47)15(66-39)10-61-36-25(53)22(50)23(51)33(70-36)35(58)59/h11-34,36-41,43-57H,4-10,42H2,1-3H3,(H,58,59)/t11?,12?,13?,14?,15?,16-,17-,18-,19+,20?,21?,22?,23-,24?,25?,26-,27?,28?,29-,30+,31?,32?,33?,34-,36-,37+,38+,39+,40-,41-/m0/s1. The molecule has 0 aliphatic carbocycles. The Bertz CT molecular complexity index is 1640. The van der Waals surface area contributed by atoms with Gasteiger partial charge in [0.05, 0.1) is 31.5 Å². The molecule has 6 aliphatic heterocycles. The van der Waals surface area contributed by atoms with Crippen molar-refractivity contribution in [1.29, 1.82) is 0 Å². The molecule has 6 fully saturated rings. The van der Waals surface area contributed by atoms with Crippen molar-refractivity contribution in [2.45, 2.75) is 224 Å². The zero-order valence-electron chi connectivity index (χ0n) is 38.8. The van der Waals surface area contributed by atoms with Gasteiger partial charge in [-0.3, -0.25) is 0 Å². The molecule has 18 N–H and O–H groups in total. The van der Waals surface area contributed by atoms with Crippen LogP contribution < -0.4 is 5.73 Å². The van der Waals surface area contributed by atoms with E-state index in [9.17, 15) is 86.5 Å². The molecule has 414 valence electrons. The van der Waals surface area contributed by atoms with Crippen LogP contribution in [-0.4, -0.2) is 298 Å². The van der Waals surface area contributed by atoms with Gasteiger partial charge < -0.3 is 144 Å². The van der Waals surface area contributed by atoms with Crippen molar-refractivity contribution in [2.24, 2.45) is 5.73 Å². The van der Waals surface area contributed by atoms with E-state index in [0.29, 0.717) is 25.8 Å². The fourth-order valence-electron chi connectivity index (χ4n) is 8.94. The Morgan fingerprint density at radius 1 is 0.423 bits per heavy atom. The molecule has 0 spiro atoms. The molecule has 30 nitrogen and oxygen atoms in total. The average Bonchev–Trinajstić information content (AvgIpc) is 3.33. The SMILES string of the molecule is CC1O[C@H](O[C@@H]2C(CO)O[C@@H](OC3[C@@H](O)C(C)O[C@@H](OC4[C@@H](O)C(C)O[C@@H](OCCCCCN)[C@H]4O)[C@H]3O[C@H]3OC(CO[C@H]4OC(C(=O)O)[C@@H](O)C(O)C4O)[C@@H](O)C(O)C3O)C(O)C2O)[C@@H](O)C(O)[C@H]1O. The van der Waals surface area contributed by atoms with Crippen molar-refractivity contribution in [1.82, 2.24) is 0 Å². The molecule has 6 rings (SSSR count). The van der Waals surface area contributed by atoms with Crippen LogP contribution in [0.3, 0.4) is 0 Å². The molecule has 30 atom stereocenters. The lowest BCUT2D eigenvalue weighted by Gasteiger charge is -2.51. The second-order valence-electron chi connectivity index (χ2n) is 18.5. The molecule has 15 unspecified atom stereocenters. The van der Waals surface area contributed by atoms with Crippen LogP contribution in [0.2, 0.25) is 0 Å². The number of unbranched alkanes of at least 4 members (excludes halogenated alkanes) is 2. The van der Waals surface area contributed by atoms with Gasteiger partial charge in [0, 0.05) is 6.61 Å². The summed E-state index contributed by atoms with van der Waals surface area (Å²) >= 11 is 0. The van der Waals surface area contributed by atoms with Gasteiger partial charge in [0.15, 0.2) is 43.8 Å². The lowest BCUT2D eigenvalue weighted by Crippen LogP contribution is -2.68. The van der Waals surface area contributed by atoms with Gasteiger partial charge in [-0.1, -0.05) is 0 Å². The fraction of sp³-hybridized carbons (Fsp3) is 0.976. The third kappa shape index (κ3) is 13.0. The van der Waals surface area contributed by atoms with Crippen LogP contribution >= 0.6 is 0 Å². The number of carboxylic acids is 1. The number of hydrogen-bond acceptors (Lipinski definition) is 29. The first-order valence-corrected chi connectivity index (χ1v) is 23.4. The maximum atomic E-state index is 11.7. The van der Waals surface area contributed by atoms with E-state index in [1.165, 1.54) is 20.8 Å². The van der Waals surface area contributed by atoms with Gasteiger partial charge >= 0.3 is 5.97 Å². The van der Waals surface area contributed by atoms with E-state index in [2.05, 4.69) is 0 Å². The summed E-state index contributed by atoms with van der Waals surface area (Å²) in [5.41, 5.74) is 5.58. The van der Waals surface area contributed by atoms with Crippen LogP contribution in [0.15, 0.2) is 0 Å². The van der Waals surface area contributed by atoms with E-state index in [0.717, 1.165) is 0 Å². The van der Waals surface area contributed by atoms with Crippen molar-refractivity contribution in [3.8, 4) is 0 Å². The number of aliphatic hydroxyl groups excluding tert-OH is 15. The van der Waals surface area contributed by atoms with Crippen molar-refractivity contribution >= 4 is 5.97 Å². The molecule has 6 saturated heterocycles. The molecule has 0 radical (unpaired) electrons. The molecule has 0 amide bonds. The minimum Gasteiger partial charge on any atom is -0.479 e. The summed E-state index contributed by atoms with van der Waals surface area (Å²) in [6.07, 6.45) is -52.8. The zero-order chi connectivity index (χ0) is 52.3. The van der Waals surface area contributed by atoms with E-state index < -0.39 is 203 Å². The van der Waals surface area contributed by atoms with Gasteiger partial charge in [0.2, 0.25) is 0 Å². The van der Waals surface area contributed by atoms with Gasteiger partial charge in [-0.15, -0.1) is 0 Å². The normalized spacial score (nSPS) is 51.0. The molecule has 6 aliphatic rings. The van der Waals surface area contributed by atoms with Crippen LogP contribution in [0.25, 0.3) is 0 Å². The minimum absolute atomic E-state index is 0.0985. The summed E-state index contributed by atoms with van der Waals surface area (Å²) in [5, 5.41) is 172. The van der Waals surface area contributed by atoms with E-state index in [4.69, 9.17) is 62.6 Å². The molecule has 0 aromatic carbocycles. The molecule has 71 heavy (non-hydrogen) atoms. The van der Waals surface area contributed by atoms with Crippen LogP contribution in [0, 0.1) is 0 Å². The fourth-order valence-corrected chi connectivity index (χ4v) is 8.94. The first-order valence-electron chi connectivity index (χ1n) is 23.4. The Kier molecular flexibility index (Phi) is 21.0. The van der Waals surface area contributed by atoms with Crippen LogP contribution in [-0.2, 0) is 61.6 Å². The first-order chi connectivity index (χ1) is 33.5. The van der Waals surface area contributed by atoms with Crippen molar-refractivity contribution in [3.05, 3.63) is 0 Å². The number of hydrogen-bond donors (Lipinski definition) is 17. The molecule has 0 bridgehead atoms. The molecule has 0 aromatic heterocycles. The van der Waals surface area contributed by atoms with Crippen molar-refractivity contribution in [2.75, 3.05) is 26.4 Å². The predicted molar refractivity (Wildman–Crippen MR) is 222 cm³/mol. The van der Waals surface area contributed by atoms with Crippen LogP contribution in [0.5, 0.6) is 0 Å². The zero-order valence-corrected chi connectivity index (χ0v) is 38.8. The number of aliphatic carboxylic acids is 1. The number of rotatable bonds is 19. The van der Waals surface area contributed by atoms with E-state index >= 15 is 0 Å². The number of ether oxygens (including phenoxy) is 12. The minimum atomic E-state index is -2.20. The topological polar surface area (TPSA) is 478 Å². The highest BCUT2D eigenvalue weighted by atomic mass is 16.8. The maximum Gasteiger partial charge on any atom is 0.335 e. The molecule has 0 saturated carbocycles. The number of carbonyl (C=O) groups is 1. The highest BCUT2D eigenvalue weighted by Gasteiger charge is 2.57. The van der Waals surface area contributed by atoms with E-state index in [1.54, 1.807) is 0 Å². The summed E-state index contributed by atoms with van der Waals surface area (Å²) in [5.74, 6) is -1.74. The second kappa shape index (κ2) is 25.5. The third-order valence-electron chi connectivity index (χ3n) is 13.4. The summed E-state index contributed by atoms with van der Waals surface area (Å²) < 4.78 is 69.3. The Hall–Kier alpha value is -1.65. The highest BCUT2D eigenvalue weighted by Crippen LogP contribution is 2.37. The Morgan fingerprint density at radius 3 is 1.51 bits per heavy atom. The van der Waals surface area contributed by atoms with E-state index in [1.807, 2.05) is 0 Å². The number of nitrogens with two attached hydrogens (primary N) is 1. The highest BCUT2D eigenvalue weighted by molar-refractivity contribution is 5.73. The first kappa shape index (κ1) is 58.6. The Balaban J connectivity index is 1.27. The average molecular weight is 1040 g/mol. The van der Waals surface area contributed by atoms with Gasteiger partial charge in [-0.25, -0.2) is 4.79 Å². The molecular weight excluding hydrogens is 970 g/mol. The number of aliphatic hydroxyl groups is 15. The molecular formula is C41H71NO29. The smallest absolute Gasteiger partial charge is 0.335 e. The van der Waals surface area contributed by atoms with Crippen molar-refractivity contribution in [3.63, 3.8) is 0 Å². The largest absolute Gasteiger partial charge is 0.479 e. The van der Waals surface area contributed by atoms with Crippen LogP contribution in [0.1, 0.15) is 40.0 Å². The number of carboxylic acid groups (broad SMARTS) is 1. The van der Waals surface area contributed by atoms with Gasteiger partial charge in [0.1, 0.15) is 122 Å². The molecule has 30 heteroatoms. The summed E-state index contributed by atoms with van der Waals surface area (Å²) in [4.78, 5) is 11.7. The summed E-state index contributed by atoms with van der Waals surface area (Å²) in [7, 11) is 0. The molecule has 0 aromatic rings. The van der Waals surface area contributed by atoms with Gasteiger partial charge in [0.25, 0.3) is 0 Å². The Labute approximate surface area is 405 Å². The monoisotopic (exact) mass is 1040 g/mol. The van der Waals surface area contributed by atoms with Crippen LogP contribution in [0.4, 0.5) is 0 Å². The lowest BCUT2D eigenvalue weighted by molar-refractivity contribution is -0.408. The second-order valence-corrected chi connectivity index (χ2v) is 18.5. The van der Waals surface area contributed by atoms with Gasteiger partial charge in [-0.05, 0) is 46.6 Å². The third-order valence-corrected chi connectivity index (χ3v) is 13.4. The van der Waals surface area contributed by atoms with E-state index in [-0.39, 0.29) is 6.61 Å². The lowest BCUT2D eigenvalue weighted by atomic mass is 9.95. The van der Waals surface area contributed by atoms with Gasteiger partial charge in [-0.2, -0.15) is 0 Å². The molecule has 6 heterocycles.